The number of rotatable bonds is 2. The van der Waals surface area contributed by atoms with Gasteiger partial charge in [-0.05, 0) is 31.2 Å². The predicted octanol–water partition coefficient (Wildman–Crippen LogP) is 4.55. The fourth-order valence-corrected chi connectivity index (χ4v) is 4.52. The van der Waals surface area contributed by atoms with E-state index in [-0.39, 0.29) is 5.43 Å². The third-order valence-electron chi connectivity index (χ3n) is 4.72. The molecule has 3 nitrogen and oxygen atoms in total. The fraction of sp³-hybridized carbons (Fsp3) is 0.250. The Morgan fingerprint density at radius 3 is 2.36 bits per heavy atom. The van der Waals surface area contributed by atoms with Crippen LogP contribution in [0.1, 0.15) is 5.56 Å². The number of para-hydroxylation sites is 1. The van der Waals surface area contributed by atoms with E-state index in [1.54, 1.807) is 11.3 Å². The predicted molar refractivity (Wildman–Crippen MR) is 109 cm³/mol. The van der Waals surface area contributed by atoms with Gasteiger partial charge in [0.05, 0.1) is 16.4 Å². The highest BCUT2D eigenvalue weighted by Crippen LogP contribution is 2.28. The van der Waals surface area contributed by atoms with Crippen molar-refractivity contribution in [3.8, 4) is 0 Å². The minimum atomic E-state index is 0.142. The maximum atomic E-state index is 12.9. The lowest BCUT2D eigenvalue weighted by Gasteiger charge is -2.37. The molecule has 0 N–H and O–H groups in total. The zero-order valence-corrected chi connectivity index (χ0v) is 15.6. The number of aryl methyl sites for hydroxylation is 1. The average Bonchev–Trinajstić information content (AvgIpc) is 2.63. The molecule has 0 amide bonds. The van der Waals surface area contributed by atoms with Crippen molar-refractivity contribution in [3.05, 3.63) is 68.7 Å². The van der Waals surface area contributed by atoms with E-state index in [2.05, 4.69) is 21.9 Å². The molecule has 5 heteroatoms. The highest BCUT2D eigenvalue weighted by atomic mass is 35.5. The lowest BCUT2D eigenvalue weighted by atomic mass is 10.1. The molecule has 0 saturated carbocycles. The summed E-state index contributed by atoms with van der Waals surface area (Å²) in [6.45, 7) is 5.40. The quantitative estimate of drug-likeness (QED) is 0.661. The van der Waals surface area contributed by atoms with Crippen molar-refractivity contribution in [2.75, 3.05) is 36.0 Å². The van der Waals surface area contributed by atoms with Crippen molar-refractivity contribution >= 4 is 44.4 Å². The summed E-state index contributed by atoms with van der Waals surface area (Å²) >= 11 is 7.96. The van der Waals surface area contributed by atoms with Crippen LogP contribution in [0, 0.1) is 6.92 Å². The summed E-state index contributed by atoms with van der Waals surface area (Å²) in [4.78, 5) is 17.4. The van der Waals surface area contributed by atoms with Gasteiger partial charge in [-0.1, -0.05) is 35.4 Å². The molecule has 3 aromatic rings. The van der Waals surface area contributed by atoms with Crippen LogP contribution in [0.25, 0.3) is 10.1 Å². The molecule has 1 saturated heterocycles. The third kappa shape index (κ3) is 3.12. The summed E-state index contributed by atoms with van der Waals surface area (Å²) in [5, 5.41) is 3.62. The smallest absolute Gasteiger partial charge is 0.211 e. The standard InChI is InChI=1S/C20H19ClN2OS/c1-14-6-7-19-15(12-14)20(24)18(13-25-19)23-10-8-22(9-11-23)17-5-3-2-4-16(17)21/h2-7,12-13H,8-11H2,1H3. The first-order chi connectivity index (χ1) is 12.1. The van der Waals surface area contributed by atoms with E-state index in [9.17, 15) is 4.79 Å². The Morgan fingerprint density at radius 1 is 0.960 bits per heavy atom. The van der Waals surface area contributed by atoms with Crippen LogP contribution >= 0.6 is 22.9 Å². The molecule has 0 unspecified atom stereocenters. The second-order valence-corrected chi connectivity index (χ2v) is 7.69. The second-order valence-electron chi connectivity index (χ2n) is 6.38. The van der Waals surface area contributed by atoms with Crippen molar-refractivity contribution in [1.82, 2.24) is 0 Å². The van der Waals surface area contributed by atoms with E-state index < -0.39 is 0 Å². The summed E-state index contributed by atoms with van der Waals surface area (Å²) in [5.74, 6) is 0. The molecule has 0 aliphatic carbocycles. The molecule has 1 aromatic heterocycles. The lowest BCUT2D eigenvalue weighted by Crippen LogP contribution is -2.47. The molecule has 2 aromatic carbocycles. The Balaban J connectivity index is 1.59. The average molecular weight is 371 g/mol. The van der Waals surface area contributed by atoms with Crippen LogP contribution in [0.15, 0.2) is 52.6 Å². The third-order valence-corrected chi connectivity index (χ3v) is 5.99. The van der Waals surface area contributed by atoms with Crippen LogP contribution in [0.3, 0.4) is 0 Å². The molecule has 1 aliphatic rings. The van der Waals surface area contributed by atoms with Crippen LogP contribution in [0.5, 0.6) is 0 Å². The van der Waals surface area contributed by atoms with Gasteiger partial charge in [0.15, 0.2) is 0 Å². The van der Waals surface area contributed by atoms with Gasteiger partial charge >= 0.3 is 0 Å². The molecule has 0 bridgehead atoms. The van der Waals surface area contributed by atoms with Crippen molar-refractivity contribution in [1.29, 1.82) is 0 Å². The molecule has 0 radical (unpaired) electrons. The normalized spacial score (nSPS) is 15.0. The van der Waals surface area contributed by atoms with Crippen LogP contribution in [0.2, 0.25) is 5.02 Å². The lowest BCUT2D eigenvalue weighted by molar-refractivity contribution is 0.653. The number of halogens is 1. The molecule has 25 heavy (non-hydrogen) atoms. The van der Waals surface area contributed by atoms with E-state index in [0.29, 0.717) is 0 Å². The Kier molecular flexibility index (Phi) is 4.40. The van der Waals surface area contributed by atoms with Gasteiger partial charge in [0.2, 0.25) is 5.43 Å². The molecule has 4 rings (SSSR count). The molecule has 0 atom stereocenters. The number of hydrogen-bond acceptors (Lipinski definition) is 4. The molecular formula is C20H19ClN2OS. The van der Waals surface area contributed by atoms with E-state index in [1.807, 2.05) is 42.6 Å². The fourth-order valence-electron chi connectivity index (χ4n) is 3.35. The van der Waals surface area contributed by atoms with Gasteiger partial charge in [-0.25, -0.2) is 0 Å². The highest BCUT2D eigenvalue weighted by Gasteiger charge is 2.21. The molecule has 1 fully saturated rings. The zero-order chi connectivity index (χ0) is 17.4. The molecular weight excluding hydrogens is 352 g/mol. The maximum absolute atomic E-state index is 12.9. The Hall–Kier alpha value is -2.04. The van der Waals surface area contributed by atoms with Gasteiger partial charge in [0, 0.05) is 41.6 Å². The van der Waals surface area contributed by atoms with Crippen LogP contribution < -0.4 is 15.2 Å². The van der Waals surface area contributed by atoms with Crippen LogP contribution in [-0.2, 0) is 0 Å². The van der Waals surface area contributed by atoms with E-state index in [1.165, 1.54) is 0 Å². The Morgan fingerprint density at radius 2 is 1.64 bits per heavy atom. The van der Waals surface area contributed by atoms with E-state index >= 15 is 0 Å². The van der Waals surface area contributed by atoms with Gasteiger partial charge in [0.1, 0.15) is 0 Å². The molecule has 1 aliphatic heterocycles. The SMILES string of the molecule is Cc1ccc2scc(N3CCN(c4ccccc4Cl)CC3)c(=O)c2c1. The summed E-state index contributed by atoms with van der Waals surface area (Å²) in [7, 11) is 0. The van der Waals surface area contributed by atoms with Crippen LogP contribution in [-0.4, -0.2) is 26.2 Å². The van der Waals surface area contributed by atoms with Gasteiger partial charge in [-0.15, -0.1) is 11.3 Å². The number of piperazine rings is 1. The van der Waals surface area contributed by atoms with Crippen molar-refractivity contribution in [3.63, 3.8) is 0 Å². The monoisotopic (exact) mass is 370 g/mol. The number of benzene rings is 2. The first kappa shape index (κ1) is 16.4. The first-order valence-corrected chi connectivity index (χ1v) is 9.66. The summed E-state index contributed by atoms with van der Waals surface area (Å²) in [6.07, 6.45) is 0. The van der Waals surface area contributed by atoms with Gasteiger partial charge in [-0.2, -0.15) is 0 Å². The summed E-state index contributed by atoms with van der Waals surface area (Å²) in [5.41, 5.74) is 3.16. The number of fused-ring (bicyclic) bond motifs is 1. The van der Waals surface area contributed by atoms with E-state index in [4.69, 9.17) is 11.6 Å². The number of hydrogen-bond donors (Lipinski definition) is 0. The van der Waals surface area contributed by atoms with Gasteiger partial charge in [-0.3, -0.25) is 4.79 Å². The second kappa shape index (κ2) is 6.70. The zero-order valence-electron chi connectivity index (χ0n) is 14.0. The van der Waals surface area contributed by atoms with E-state index in [0.717, 1.165) is 58.2 Å². The first-order valence-electron chi connectivity index (χ1n) is 8.40. The molecule has 0 spiro atoms. The minimum absolute atomic E-state index is 0.142. The number of anilines is 2. The Labute approximate surface area is 156 Å². The molecule has 128 valence electrons. The topological polar surface area (TPSA) is 23.6 Å². The number of nitrogens with zero attached hydrogens (tertiary/aromatic N) is 2. The minimum Gasteiger partial charge on any atom is -0.367 e. The summed E-state index contributed by atoms with van der Waals surface area (Å²) < 4.78 is 1.05. The van der Waals surface area contributed by atoms with Gasteiger partial charge in [0.25, 0.3) is 0 Å². The largest absolute Gasteiger partial charge is 0.367 e. The highest BCUT2D eigenvalue weighted by molar-refractivity contribution is 7.16. The Bertz CT molecular complexity index is 977. The summed E-state index contributed by atoms with van der Waals surface area (Å²) in [6, 6.07) is 14.0. The van der Waals surface area contributed by atoms with Crippen molar-refractivity contribution in [2.24, 2.45) is 0 Å². The maximum Gasteiger partial charge on any atom is 0.211 e. The molecule has 2 heterocycles. The van der Waals surface area contributed by atoms with Crippen molar-refractivity contribution in [2.45, 2.75) is 6.92 Å². The van der Waals surface area contributed by atoms with Crippen molar-refractivity contribution < 1.29 is 0 Å². The van der Waals surface area contributed by atoms with Gasteiger partial charge < -0.3 is 9.80 Å². The van der Waals surface area contributed by atoms with Crippen LogP contribution in [0.4, 0.5) is 11.4 Å².